The third-order valence-electron chi connectivity index (χ3n) is 4.93. The van der Waals surface area contributed by atoms with Crippen LogP contribution in [0.3, 0.4) is 0 Å². The van der Waals surface area contributed by atoms with Gasteiger partial charge in [0, 0.05) is 36.7 Å². The number of anilines is 1. The van der Waals surface area contributed by atoms with Gasteiger partial charge >= 0.3 is 5.97 Å². The van der Waals surface area contributed by atoms with Gasteiger partial charge in [0.2, 0.25) is 0 Å². The zero-order valence-corrected chi connectivity index (χ0v) is 19.1. The van der Waals surface area contributed by atoms with Crippen molar-refractivity contribution in [3.63, 3.8) is 0 Å². The Hall–Kier alpha value is -3.02. The van der Waals surface area contributed by atoms with Crippen molar-refractivity contribution in [3.05, 3.63) is 51.2 Å². The number of ether oxygens (including phenoxy) is 1. The quantitative estimate of drug-likeness (QED) is 0.302. The lowest BCUT2D eigenvalue weighted by molar-refractivity contribution is 0.0523. The van der Waals surface area contributed by atoms with Crippen molar-refractivity contribution in [3.8, 4) is 11.8 Å². The molecule has 1 aliphatic rings. The molecule has 0 spiro atoms. The molecule has 2 aromatic rings. The third-order valence-corrected chi connectivity index (χ3v) is 5.97. The molecule has 0 bridgehead atoms. The van der Waals surface area contributed by atoms with Crippen molar-refractivity contribution < 1.29 is 14.6 Å². The molecular weight excluding hydrogens is 436 g/mol. The largest absolute Gasteiger partial charge is 0.506 e. The van der Waals surface area contributed by atoms with Crippen LogP contribution >= 0.6 is 23.7 Å². The number of thiophene rings is 1. The van der Waals surface area contributed by atoms with Gasteiger partial charge in [-0.1, -0.05) is 18.2 Å². The van der Waals surface area contributed by atoms with Gasteiger partial charge in [-0.2, -0.15) is 5.26 Å². The van der Waals surface area contributed by atoms with Crippen molar-refractivity contribution in [1.29, 1.82) is 10.7 Å². The Morgan fingerprint density at radius 1 is 1.29 bits per heavy atom. The Balaban J connectivity index is 0.00000341. The van der Waals surface area contributed by atoms with E-state index < -0.39 is 5.97 Å². The molecule has 164 valence electrons. The fraction of sp³-hybridized carbons (Fsp3) is 0.318. The van der Waals surface area contributed by atoms with Crippen LogP contribution in [0.2, 0.25) is 0 Å². The van der Waals surface area contributed by atoms with E-state index in [-0.39, 0.29) is 41.7 Å². The number of carbonyl (C=O) groups excluding carboxylic acids is 1. The van der Waals surface area contributed by atoms with Gasteiger partial charge in [-0.25, -0.2) is 4.79 Å². The van der Waals surface area contributed by atoms with Gasteiger partial charge in [0.1, 0.15) is 23.2 Å². The summed E-state index contributed by atoms with van der Waals surface area (Å²) in [4.78, 5) is 17.2. The number of benzene rings is 1. The number of para-hydroxylation sites is 1. The van der Waals surface area contributed by atoms with Gasteiger partial charge in [-0.3, -0.25) is 5.41 Å². The van der Waals surface area contributed by atoms with Gasteiger partial charge in [-0.15, -0.1) is 23.7 Å². The van der Waals surface area contributed by atoms with Gasteiger partial charge in [0.15, 0.2) is 0 Å². The van der Waals surface area contributed by atoms with Crippen LogP contribution in [0.25, 0.3) is 6.08 Å². The molecule has 1 aliphatic heterocycles. The van der Waals surface area contributed by atoms with Crippen LogP contribution in [0.5, 0.6) is 5.75 Å². The first kappa shape index (κ1) is 24.3. The normalized spacial score (nSPS) is 13.9. The second kappa shape index (κ2) is 10.8. The van der Waals surface area contributed by atoms with E-state index in [4.69, 9.17) is 10.1 Å². The van der Waals surface area contributed by atoms with E-state index in [1.165, 1.54) is 17.4 Å². The molecule has 1 aromatic heterocycles. The summed E-state index contributed by atoms with van der Waals surface area (Å²) in [7, 11) is 0. The van der Waals surface area contributed by atoms with Crippen molar-refractivity contribution in [2.24, 2.45) is 0 Å². The molecule has 31 heavy (non-hydrogen) atoms. The number of carbonyl (C=O) groups is 1. The molecule has 2 N–H and O–H groups in total. The number of hydrogen-bond acceptors (Lipinski definition) is 7. The number of nitrogens with zero attached hydrogens (tertiary/aromatic N) is 3. The smallest absolute Gasteiger partial charge is 0.343 e. The second-order valence-corrected chi connectivity index (χ2v) is 8.05. The van der Waals surface area contributed by atoms with E-state index >= 15 is 0 Å². The number of aromatic hydroxyl groups is 1. The zero-order chi connectivity index (χ0) is 21.7. The molecule has 1 aromatic carbocycles. The van der Waals surface area contributed by atoms with E-state index in [1.807, 2.05) is 23.1 Å². The highest BCUT2D eigenvalue weighted by Gasteiger charge is 2.24. The van der Waals surface area contributed by atoms with Gasteiger partial charge in [0.25, 0.3) is 0 Å². The van der Waals surface area contributed by atoms with Gasteiger partial charge in [-0.05, 0) is 32.1 Å². The summed E-state index contributed by atoms with van der Waals surface area (Å²) in [6.45, 7) is 6.37. The average molecular weight is 461 g/mol. The predicted octanol–water partition coefficient (Wildman–Crippen LogP) is 4.07. The van der Waals surface area contributed by atoms with Crippen LogP contribution in [0, 0.1) is 23.7 Å². The summed E-state index contributed by atoms with van der Waals surface area (Å²) in [6.07, 6.45) is 1.47. The zero-order valence-electron chi connectivity index (χ0n) is 17.4. The lowest BCUT2D eigenvalue weighted by Crippen LogP contribution is -2.48. The molecule has 0 atom stereocenters. The number of nitriles is 1. The lowest BCUT2D eigenvalue weighted by atomic mass is 10.1. The van der Waals surface area contributed by atoms with Crippen LogP contribution in [0.15, 0.2) is 35.9 Å². The number of hydrogen-bond donors (Lipinski definition) is 2. The molecule has 1 fully saturated rings. The third kappa shape index (κ3) is 5.37. The van der Waals surface area contributed by atoms with Gasteiger partial charge < -0.3 is 19.6 Å². The predicted molar refractivity (Wildman–Crippen MR) is 125 cm³/mol. The Bertz CT molecular complexity index is 1010. The van der Waals surface area contributed by atoms with Crippen LogP contribution in [-0.4, -0.2) is 54.6 Å². The van der Waals surface area contributed by atoms with Crippen LogP contribution in [0.1, 0.15) is 27.0 Å². The maximum Gasteiger partial charge on any atom is 0.343 e. The maximum absolute atomic E-state index is 12.1. The number of esters is 1. The van der Waals surface area contributed by atoms with E-state index in [1.54, 1.807) is 13.8 Å². The summed E-state index contributed by atoms with van der Waals surface area (Å²) in [5.41, 5.74) is 1.41. The van der Waals surface area contributed by atoms with Crippen LogP contribution in [-0.2, 0) is 4.74 Å². The molecule has 0 unspecified atom stereocenters. The number of halogens is 1. The number of rotatable bonds is 5. The molecule has 0 aliphatic carbocycles. The maximum atomic E-state index is 12.1. The highest BCUT2D eigenvalue weighted by Crippen LogP contribution is 2.36. The highest BCUT2D eigenvalue weighted by molar-refractivity contribution is 7.13. The Morgan fingerprint density at radius 3 is 2.52 bits per heavy atom. The van der Waals surface area contributed by atoms with Crippen LogP contribution < -0.4 is 4.90 Å². The summed E-state index contributed by atoms with van der Waals surface area (Å²) >= 11 is 1.20. The monoisotopic (exact) mass is 460 g/mol. The first-order valence-corrected chi connectivity index (χ1v) is 10.5. The van der Waals surface area contributed by atoms with E-state index in [9.17, 15) is 15.2 Å². The first-order valence-electron chi connectivity index (χ1n) is 9.71. The summed E-state index contributed by atoms with van der Waals surface area (Å²) in [5.74, 6) is -0.673. The Labute approximate surface area is 192 Å². The molecule has 0 radical (unpaired) electrons. The minimum atomic E-state index is -0.589. The molecule has 2 heterocycles. The first-order chi connectivity index (χ1) is 14.5. The topological polar surface area (TPSA) is 101 Å². The highest BCUT2D eigenvalue weighted by atomic mass is 35.5. The van der Waals surface area contributed by atoms with Crippen molar-refractivity contribution >= 4 is 47.3 Å². The minimum absolute atomic E-state index is 0. The SMILES string of the molecule is CCOC(=O)c1c(C)sc(C=C(C#N)C(=N)N2CCN(c3ccccc3)CC2)c1O.Cl. The Morgan fingerprint density at radius 2 is 1.94 bits per heavy atom. The minimum Gasteiger partial charge on any atom is -0.506 e. The number of aryl methyl sites for hydroxylation is 1. The summed E-state index contributed by atoms with van der Waals surface area (Å²) in [5, 5.41) is 28.6. The van der Waals surface area contributed by atoms with E-state index in [0.717, 1.165) is 18.8 Å². The van der Waals surface area contributed by atoms with Crippen molar-refractivity contribution in [2.75, 3.05) is 37.7 Å². The van der Waals surface area contributed by atoms with Crippen molar-refractivity contribution in [1.82, 2.24) is 4.90 Å². The van der Waals surface area contributed by atoms with E-state index in [2.05, 4.69) is 23.1 Å². The van der Waals surface area contributed by atoms with Gasteiger partial charge in [0.05, 0.1) is 17.1 Å². The molecule has 9 heteroatoms. The van der Waals surface area contributed by atoms with E-state index in [0.29, 0.717) is 22.8 Å². The number of nitrogens with one attached hydrogen (secondary N) is 1. The fourth-order valence-corrected chi connectivity index (χ4v) is 4.37. The Kier molecular flexibility index (Phi) is 8.48. The molecule has 0 amide bonds. The standard InChI is InChI=1S/C22H24N4O3S.ClH/c1-3-29-22(28)19-15(2)30-18(20(19)27)13-16(14-23)21(24)26-11-9-25(10-12-26)17-7-5-4-6-8-17;/h4-8,13,24,27H,3,9-12H2,1-2H3;1H. The average Bonchev–Trinajstić information content (AvgIpc) is 3.05. The van der Waals surface area contributed by atoms with Crippen molar-refractivity contribution in [2.45, 2.75) is 13.8 Å². The molecule has 1 saturated heterocycles. The molecule has 7 nitrogen and oxygen atoms in total. The van der Waals surface area contributed by atoms with Crippen LogP contribution in [0.4, 0.5) is 5.69 Å². The molecule has 0 saturated carbocycles. The number of amidine groups is 1. The fourth-order valence-electron chi connectivity index (χ4n) is 3.38. The molecular formula is C22H25ClN4O3S. The lowest BCUT2D eigenvalue weighted by Gasteiger charge is -2.37. The summed E-state index contributed by atoms with van der Waals surface area (Å²) < 4.78 is 4.99. The molecule has 3 rings (SSSR count). The second-order valence-electron chi connectivity index (χ2n) is 6.79. The number of piperazine rings is 1. The summed E-state index contributed by atoms with van der Waals surface area (Å²) in [6, 6.07) is 12.2.